The second-order valence-corrected chi connectivity index (χ2v) is 5.76. The zero-order chi connectivity index (χ0) is 13.1. The van der Waals surface area contributed by atoms with Crippen LogP contribution in [-0.2, 0) is 0 Å². The maximum absolute atomic E-state index is 12.2. The summed E-state index contributed by atoms with van der Waals surface area (Å²) in [6.45, 7) is 5.98. The van der Waals surface area contributed by atoms with Crippen LogP contribution in [0.4, 0.5) is 0 Å². The van der Waals surface area contributed by atoms with Crippen LogP contribution < -0.4 is 0 Å². The van der Waals surface area contributed by atoms with Gasteiger partial charge in [0.25, 0.3) is 0 Å². The van der Waals surface area contributed by atoms with Gasteiger partial charge < -0.3 is 0 Å². The lowest BCUT2D eigenvalue weighted by Gasteiger charge is -2.36. The Balaban J connectivity index is 2.02. The van der Waals surface area contributed by atoms with Crippen molar-refractivity contribution in [1.29, 1.82) is 0 Å². The van der Waals surface area contributed by atoms with Crippen LogP contribution in [-0.4, -0.2) is 29.8 Å². The molecule has 0 aromatic heterocycles. The smallest absolute Gasteiger partial charge is 0.178 e. The molecule has 1 aliphatic heterocycles. The van der Waals surface area contributed by atoms with Gasteiger partial charge in [-0.1, -0.05) is 30.7 Å². The molecule has 0 amide bonds. The van der Waals surface area contributed by atoms with Gasteiger partial charge in [-0.3, -0.25) is 9.69 Å². The van der Waals surface area contributed by atoms with Crippen LogP contribution in [0.25, 0.3) is 0 Å². The van der Waals surface area contributed by atoms with Crippen LogP contribution in [0.1, 0.15) is 37.0 Å². The third-order valence-corrected chi connectivity index (χ3v) is 4.13. The number of carbonyl (C=O) groups excluding carboxylic acids is 1. The van der Waals surface area contributed by atoms with E-state index >= 15 is 0 Å². The van der Waals surface area contributed by atoms with Crippen LogP contribution in [0.5, 0.6) is 0 Å². The van der Waals surface area contributed by atoms with Crippen molar-refractivity contribution in [2.24, 2.45) is 5.92 Å². The molecule has 18 heavy (non-hydrogen) atoms. The average Bonchev–Trinajstić information content (AvgIpc) is 2.33. The number of carbonyl (C=O) groups is 1. The summed E-state index contributed by atoms with van der Waals surface area (Å²) in [5, 5.41) is 0.556. The first-order valence-electron chi connectivity index (χ1n) is 6.59. The normalized spacial score (nSPS) is 25.1. The predicted molar refractivity (Wildman–Crippen MR) is 75.2 cm³/mol. The number of hydrogen-bond acceptors (Lipinski definition) is 2. The minimum Gasteiger partial charge on any atom is -0.293 e. The van der Waals surface area contributed by atoms with Gasteiger partial charge in [-0.25, -0.2) is 0 Å². The minimum absolute atomic E-state index is 0.127. The summed E-state index contributed by atoms with van der Waals surface area (Å²) < 4.78 is 0. The first-order chi connectivity index (χ1) is 8.58. The fraction of sp³-hybridized carbons (Fsp3) is 0.533. The maximum Gasteiger partial charge on any atom is 0.178 e. The van der Waals surface area contributed by atoms with Crippen molar-refractivity contribution in [2.75, 3.05) is 13.1 Å². The molecule has 1 saturated heterocycles. The fourth-order valence-electron chi connectivity index (χ4n) is 2.65. The summed E-state index contributed by atoms with van der Waals surface area (Å²) in [6.07, 6.45) is 2.36. The summed E-state index contributed by atoms with van der Waals surface area (Å²) >= 11 is 6.06. The molecule has 1 aromatic carbocycles. The van der Waals surface area contributed by atoms with Gasteiger partial charge in [0.2, 0.25) is 0 Å². The highest BCUT2D eigenvalue weighted by Crippen LogP contribution is 2.23. The van der Waals surface area contributed by atoms with E-state index in [2.05, 4.69) is 18.7 Å². The highest BCUT2D eigenvalue weighted by molar-refractivity contribution is 6.34. The molecule has 0 radical (unpaired) electrons. The number of hydrogen-bond donors (Lipinski definition) is 0. The molecule has 1 aliphatic rings. The van der Waals surface area contributed by atoms with Gasteiger partial charge in [0.15, 0.2) is 5.78 Å². The predicted octanol–water partition coefficient (Wildman–Crippen LogP) is 3.64. The summed E-state index contributed by atoms with van der Waals surface area (Å²) in [6, 6.07) is 7.78. The van der Waals surface area contributed by atoms with E-state index in [1.165, 1.54) is 12.8 Å². The van der Waals surface area contributed by atoms with Crippen LogP contribution in [0.2, 0.25) is 5.02 Å². The number of halogens is 1. The zero-order valence-corrected chi connectivity index (χ0v) is 11.8. The Morgan fingerprint density at radius 2 is 2.11 bits per heavy atom. The molecule has 1 aromatic rings. The van der Waals surface area contributed by atoms with E-state index in [9.17, 15) is 4.79 Å². The molecular weight excluding hydrogens is 246 g/mol. The van der Waals surface area contributed by atoms with Crippen LogP contribution in [0, 0.1) is 5.92 Å². The summed E-state index contributed by atoms with van der Waals surface area (Å²) in [5.41, 5.74) is 0.644. The highest BCUT2D eigenvalue weighted by Gasteiger charge is 2.25. The molecule has 98 valence electrons. The number of benzene rings is 1. The number of piperidine rings is 1. The molecule has 2 nitrogen and oxygen atoms in total. The zero-order valence-electron chi connectivity index (χ0n) is 11.0. The van der Waals surface area contributed by atoms with Crippen molar-refractivity contribution in [1.82, 2.24) is 4.90 Å². The summed E-state index contributed by atoms with van der Waals surface area (Å²) in [5.74, 6) is 0.897. The van der Waals surface area contributed by atoms with Crippen LogP contribution in [0.3, 0.4) is 0 Å². The van der Waals surface area contributed by atoms with Gasteiger partial charge in [0.1, 0.15) is 0 Å². The summed E-state index contributed by atoms with van der Waals surface area (Å²) in [4.78, 5) is 14.5. The van der Waals surface area contributed by atoms with Crippen LogP contribution in [0.15, 0.2) is 24.3 Å². The number of likely N-dealkylation sites (tertiary alicyclic amines) is 1. The molecule has 0 spiro atoms. The van der Waals surface area contributed by atoms with E-state index in [0.717, 1.165) is 12.5 Å². The Labute approximate surface area is 114 Å². The third kappa shape index (κ3) is 3.12. The van der Waals surface area contributed by atoms with Gasteiger partial charge >= 0.3 is 0 Å². The lowest BCUT2D eigenvalue weighted by Crippen LogP contribution is -2.43. The molecule has 2 rings (SSSR count). The van der Waals surface area contributed by atoms with Gasteiger partial charge in [0, 0.05) is 11.6 Å². The van der Waals surface area contributed by atoms with Crippen molar-refractivity contribution < 1.29 is 4.79 Å². The molecule has 2 unspecified atom stereocenters. The van der Waals surface area contributed by atoms with Crippen molar-refractivity contribution in [3.63, 3.8) is 0 Å². The monoisotopic (exact) mass is 265 g/mol. The molecule has 0 N–H and O–H groups in total. The molecule has 1 heterocycles. The lowest BCUT2D eigenvalue weighted by molar-refractivity contribution is 0.0816. The van der Waals surface area contributed by atoms with E-state index in [0.29, 0.717) is 23.2 Å². The number of nitrogens with zero attached hydrogens (tertiary/aromatic N) is 1. The van der Waals surface area contributed by atoms with Crippen molar-refractivity contribution in [3.05, 3.63) is 34.9 Å². The first kappa shape index (κ1) is 13.6. The SMILES string of the molecule is CC1CCN(CC(=O)c2ccccc2Cl)C(C)C1. The average molecular weight is 266 g/mol. The lowest BCUT2D eigenvalue weighted by atomic mass is 9.93. The van der Waals surface area contributed by atoms with E-state index < -0.39 is 0 Å². The minimum atomic E-state index is 0.127. The van der Waals surface area contributed by atoms with Crippen molar-refractivity contribution >= 4 is 17.4 Å². The first-order valence-corrected chi connectivity index (χ1v) is 6.97. The largest absolute Gasteiger partial charge is 0.293 e. The van der Waals surface area contributed by atoms with E-state index in [1.807, 2.05) is 18.2 Å². The Morgan fingerprint density at radius 3 is 2.78 bits per heavy atom. The van der Waals surface area contributed by atoms with Gasteiger partial charge in [-0.2, -0.15) is 0 Å². The fourth-order valence-corrected chi connectivity index (χ4v) is 2.89. The van der Waals surface area contributed by atoms with Crippen LogP contribution >= 0.6 is 11.6 Å². The second kappa shape index (κ2) is 5.85. The Hall–Kier alpha value is -0.860. The Bertz CT molecular complexity index is 432. The molecule has 2 atom stereocenters. The highest BCUT2D eigenvalue weighted by atomic mass is 35.5. The maximum atomic E-state index is 12.2. The third-order valence-electron chi connectivity index (χ3n) is 3.80. The van der Waals surface area contributed by atoms with Crippen molar-refractivity contribution in [3.8, 4) is 0 Å². The van der Waals surface area contributed by atoms with E-state index in [4.69, 9.17) is 11.6 Å². The number of Topliss-reactive ketones (excluding diaryl/α,β-unsaturated/α-hetero) is 1. The molecule has 1 fully saturated rings. The number of rotatable bonds is 3. The quantitative estimate of drug-likeness (QED) is 0.778. The molecular formula is C15H20ClNO. The summed E-state index contributed by atoms with van der Waals surface area (Å²) in [7, 11) is 0. The van der Waals surface area contributed by atoms with E-state index in [-0.39, 0.29) is 5.78 Å². The Morgan fingerprint density at radius 1 is 1.39 bits per heavy atom. The molecule has 3 heteroatoms. The van der Waals surface area contributed by atoms with Gasteiger partial charge in [-0.05, 0) is 44.4 Å². The van der Waals surface area contributed by atoms with E-state index in [1.54, 1.807) is 6.07 Å². The number of ketones is 1. The van der Waals surface area contributed by atoms with Crippen molar-refractivity contribution in [2.45, 2.75) is 32.7 Å². The second-order valence-electron chi connectivity index (χ2n) is 5.35. The molecule has 0 bridgehead atoms. The topological polar surface area (TPSA) is 20.3 Å². The Kier molecular flexibility index (Phi) is 4.41. The molecule has 0 saturated carbocycles. The standard InChI is InChI=1S/C15H20ClNO/c1-11-7-8-17(12(2)9-11)10-15(18)13-5-3-4-6-14(13)16/h3-6,11-12H,7-10H2,1-2H3. The van der Waals surface area contributed by atoms with Gasteiger partial charge in [-0.15, -0.1) is 0 Å². The molecule has 0 aliphatic carbocycles. The van der Waals surface area contributed by atoms with Gasteiger partial charge in [0.05, 0.1) is 11.6 Å².